The second kappa shape index (κ2) is 6.26. The number of sulfonamides is 1. The number of H-pyrrole nitrogens is 1. The van der Waals surface area contributed by atoms with Crippen LogP contribution in [-0.4, -0.2) is 18.6 Å². The molecule has 23 heavy (non-hydrogen) atoms. The minimum atomic E-state index is -3.46. The molecular formula is C17H17N3O2S. The van der Waals surface area contributed by atoms with Gasteiger partial charge in [0.25, 0.3) is 0 Å². The minimum absolute atomic E-state index is 0.0560. The van der Waals surface area contributed by atoms with Crippen LogP contribution in [0.4, 0.5) is 5.69 Å². The maximum atomic E-state index is 12.3. The Labute approximate surface area is 135 Å². The molecular weight excluding hydrogens is 310 g/mol. The van der Waals surface area contributed by atoms with E-state index in [9.17, 15) is 8.42 Å². The van der Waals surface area contributed by atoms with E-state index in [0.29, 0.717) is 5.69 Å². The first-order valence-corrected chi connectivity index (χ1v) is 8.84. The maximum absolute atomic E-state index is 12.3. The van der Waals surface area contributed by atoms with Crippen molar-refractivity contribution >= 4 is 15.7 Å². The highest BCUT2D eigenvalue weighted by Crippen LogP contribution is 2.22. The number of aryl methyl sites for hydroxylation is 1. The molecule has 0 fully saturated rings. The predicted octanol–water partition coefficient (Wildman–Crippen LogP) is 3.33. The molecule has 0 aliphatic heterocycles. The van der Waals surface area contributed by atoms with Crippen molar-refractivity contribution in [2.24, 2.45) is 0 Å². The number of rotatable bonds is 5. The molecule has 2 N–H and O–H groups in total. The molecule has 0 radical (unpaired) electrons. The van der Waals surface area contributed by atoms with Crippen LogP contribution in [0.15, 0.2) is 60.7 Å². The summed E-state index contributed by atoms with van der Waals surface area (Å²) in [5.74, 6) is -0.0560. The molecule has 0 unspecified atom stereocenters. The molecule has 0 aliphatic rings. The molecule has 1 heterocycles. The Morgan fingerprint density at radius 1 is 1.04 bits per heavy atom. The molecule has 2 aromatic carbocycles. The summed E-state index contributed by atoms with van der Waals surface area (Å²) in [6, 6.07) is 18.2. The van der Waals surface area contributed by atoms with E-state index in [1.807, 2.05) is 37.3 Å². The summed E-state index contributed by atoms with van der Waals surface area (Å²) in [4.78, 5) is 0. The van der Waals surface area contributed by atoms with E-state index in [-0.39, 0.29) is 5.75 Å². The second-order valence-electron chi connectivity index (χ2n) is 5.36. The zero-order valence-corrected chi connectivity index (χ0v) is 13.5. The number of anilines is 1. The van der Waals surface area contributed by atoms with Crippen LogP contribution in [-0.2, 0) is 15.8 Å². The highest BCUT2D eigenvalue weighted by atomic mass is 32.2. The Morgan fingerprint density at radius 3 is 2.52 bits per heavy atom. The lowest BCUT2D eigenvalue weighted by Crippen LogP contribution is -2.15. The van der Waals surface area contributed by atoms with E-state index in [0.717, 1.165) is 22.5 Å². The summed E-state index contributed by atoms with van der Waals surface area (Å²) in [5.41, 5.74) is 3.87. The summed E-state index contributed by atoms with van der Waals surface area (Å²) >= 11 is 0. The average molecular weight is 327 g/mol. The van der Waals surface area contributed by atoms with Crippen LogP contribution in [0.5, 0.6) is 0 Å². The fourth-order valence-corrected chi connectivity index (χ4v) is 3.51. The quantitative estimate of drug-likeness (QED) is 0.755. The van der Waals surface area contributed by atoms with Crippen molar-refractivity contribution in [3.63, 3.8) is 0 Å². The zero-order chi connectivity index (χ0) is 16.3. The van der Waals surface area contributed by atoms with Gasteiger partial charge in [-0.15, -0.1) is 0 Å². The molecule has 3 aromatic rings. The molecule has 0 saturated heterocycles. The lowest BCUT2D eigenvalue weighted by molar-refractivity contribution is 0.600. The molecule has 5 nitrogen and oxygen atoms in total. The van der Waals surface area contributed by atoms with Gasteiger partial charge in [-0.2, -0.15) is 5.10 Å². The fourth-order valence-electron chi connectivity index (χ4n) is 2.32. The normalized spacial score (nSPS) is 11.3. The molecule has 0 saturated carbocycles. The summed E-state index contributed by atoms with van der Waals surface area (Å²) in [6.07, 6.45) is 0. The van der Waals surface area contributed by atoms with Gasteiger partial charge in [-0.05, 0) is 30.7 Å². The second-order valence-corrected chi connectivity index (χ2v) is 7.09. The molecule has 0 spiro atoms. The Morgan fingerprint density at radius 2 is 1.83 bits per heavy atom. The van der Waals surface area contributed by atoms with Gasteiger partial charge in [0.05, 0.1) is 11.4 Å². The van der Waals surface area contributed by atoms with Gasteiger partial charge in [0.15, 0.2) is 0 Å². The van der Waals surface area contributed by atoms with Crippen LogP contribution < -0.4 is 4.72 Å². The lowest BCUT2D eigenvalue weighted by atomic mass is 10.1. The summed E-state index contributed by atoms with van der Waals surface area (Å²) in [6.45, 7) is 1.92. The van der Waals surface area contributed by atoms with Crippen molar-refractivity contribution < 1.29 is 8.42 Å². The van der Waals surface area contributed by atoms with Crippen molar-refractivity contribution in [2.75, 3.05) is 4.72 Å². The predicted molar refractivity (Wildman–Crippen MR) is 91.4 cm³/mol. The van der Waals surface area contributed by atoms with Crippen LogP contribution in [0, 0.1) is 6.92 Å². The van der Waals surface area contributed by atoms with E-state index in [1.54, 1.807) is 30.3 Å². The van der Waals surface area contributed by atoms with Gasteiger partial charge in [-0.3, -0.25) is 9.82 Å². The van der Waals surface area contributed by atoms with Crippen molar-refractivity contribution in [2.45, 2.75) is 12.7 Å². The number of nitrogens with one attached hydrogen (secondary N) is 2. The number of hydrogen-bond acceptors (Lipinski definition) is 3. The Hall–Kier alpha value is -2.60. The number of benzene rings is 2. The van der Waals surface area contributed by atoms with Crippen LogP contribution in [0.1, 0.15) is 11.3 Å². The van der Waals surface area contributed by atoms with Gasteiger partial charge in [0, 0.05) is 16.9 Å². The third-order valence-electron chi connectivity index (χ3n) is 3.34. The van der Waals surface area contributed by atoms with Gasteiger partial charge in [-0.25, -0.2) is 8.42 Å². The van der Waals surface area contributed by atoms with E-state index in [2.05, 4.69) is 14.9 Å². The van der Waals surface area contributed by atoms with Gasteiger partial charge >= 0.3 is 0 Å². The van der Waals surface area contributed by atoms with Gasteiger partial charge in [-0.1, -0.05) is 42.5 Å². The highest BCUT2D eigenvalue weighted by molar-refractivity contribution is 7.91. The van der Waals surface area contributed by atoms with Crippen LogP contribution in [0.2, 0.25) is 0 Å². The third kappa shape index (κ3) is 3.98. The summed E-state index contributed by atoms with van der Waals surface area (Å²) in [5, 5.41) is 7.07. The van der Waals surface area contributed by atoms with Crippen molar-refractivity contribution in [1.82, 2.24) is 10.2 Å². The standard InChI is InChI=1S/C17H17N3O2S/c1-13-10-17(19-18-13)15-8-5-9-16(11-15)20-23(21,22)12-14-6-3-2-4-7-14/h2-11,20H,12H2,1H3,(H,18,19). The monoisotopic (exact) mass is 327 g/mol. The molecule has 0 aliphatic carbocycles. The van der Waals surface area contributed by atoms with Crippen molar-refractivity contribution in [3.8, 4) is 11.3 Å². The molecule has 0 bridgehead atoms. The molecule has 3 rings (SSSR count). The Kier molecular flexibility index (Phi) is 4.16. The van der Waals surface area contributed by atoms with Crippen LogP contribution in [0.25, 0.3) is 11.3 Å². The Bertz CT molecular complexity index is 902. The molecule has 118 valence electrons. The minimum Gasteiger partial charge on any atom is -0.283 e. The van der Waals surface area contributed by atoms with Crippen molar-refractivity contribution in [3.05, 3.63) is 71.9 Å². The highest BCUT2D eigenvalue weighted by Gasteiger charge is 2.12. The zero-order valence-electron chi connectivity index (χ0n) is 12.7. The first-order valence-electron chi connectivity index (χ1n) is 7.19. The number of hydrogen-bond donors (Lipinski definition) is 2. The summed E-state index contributed by atoms with van der Waals surface area (Å²) < 4.78 is 27.2. The van der Waals surface area contributed by atoms with E-state index in [1.165, 1.54) is 0 Å². The SMILES string of the molecule is Cc1cc(-c2cccc(NS(=O)(=O)Cc3ccccc3)c2)n[nH]1. The third-order valence-corrected chi connectivity index (χ3v) is 4.60. The average Bonchev–Trinajstić information content (AvgIpc) is 2.94. The molecule has 0 atom stereocenters. The molecule has 6 heteroatoms. The van der Waals surface area contributed by atoms with E-state index < -0.39 is 10.0 Å². The van der Waals surface area contributed by atoms with Gasteiger partial charge in [0.2, 0.25) is 10.0 Å². The summed E-state index contributed by atoms with van der Waals surface area (Å²) in [7, 11) is -3.46. The van der Waals surface area contributed by atoms with Crippen molar-refractivity contribution in [1.29, 1.82) is 0 Å². The smallest absolute Gasteiger partial charge is 0.236 e. The van der Waals surface area contributed by atoms with Gasteiger partial charge < -0.3 is 0 Å². The molecule has 0 amide bonds. The van der Waals surface area contributed by atoms with E-state index >= 15 is 0 Å². The van der Waals surface area contributed by atoms with Gasteiger partial charge in [0.1, 0.15) is 0 Å². The van der Waals surface area contributed by atoms with Crippen LogP contribution in [0.3, 0.4) is 0 Å². The first-order chi connectivity index (χ1) is 11.0. The largest absolute Gasteiger partial charge is 0.283 e. The number of aromatic nitrogens is 2. The van der Waals surface area contributed by atoms with E-state index in [4.69, 9.17) is 0 Å². The molecule has 1 aromatic heterocycles. The topological polar surface area (TPSA) is 74.8 Å². The fraction of sp³-hybridized carbons (Fsp3) is 0.118. The van der Waals surface area contributed by atoms with Crippen LogP contribution >= 0.6 is 0 Å². The number of nitrogens with zero attached hydrogens (tertiary/aromatic N) is 1. The maximum Gasteiger partial charge on any atom is 0.236 e. The first kappa shape index (κ1) is 15.3. The Balaban J connectivity index is 1.80. The number of aromatic amines is 1. The lowest BCUT2D eigenvalue weighted by Gasteiger charge is -2.09.